The Morgan fingerprint density at radius 2 is 1.81 bits per heavy atom. The Bertz CT molecular complexity index is 1000. The van der Waals surface area contributed by atoms with Gasteiger partial charge in [-0.25, -0.2) is 13.8 Å². The summed E-state index contributed by atoms with van der Waals surface area (Å²) in [5.74, 6) is 0.891. The molecule has 0 radical (unpaired) electrons. The maximum atomic E-state index is 12.6. The lowest BCUT2D eigenvalue weighted by Crippen LogP contribution is -2.42. The van der Waals surface area contributed by atoms with Crippen LogP contribution in [0.2, 0.25) is 0 Å². The van der Waals surface area contributed by atoms with Gasteiger partial charge in [0.15, 0.2) is 11.5 Å². The number of rotatable bonds is 8. The highest BCUT2D eigenvalue weighted by atomic mass is 32.2. The lowest BCUT2D eigenvalue weighted by atomic mass is 9.98. The van der Waals surface area contributed by atoms with Crippen LogP contribution in [0.3, 0.4) is 0 Å². The molecule has 3 rings (SSSR count). The number of sulfonamides is 1. The molecule has 1 N–H and O–H groups in total. The molecule has 11 heteroatoms. The standard InChI is InChI=1S/C20H25N3O6S2/c1-27-16-11-14(12-17(28-2)19(16)29-3)13-21-22-20(24)15-6-8-23(9-7-15)31(25,26)18-5-4-10-30-18/h4-5,10-13,15H,6-9H2,1-3H3,(H,22,24)/b21-13-. The minimum absolute atomic E-state index is 0.239. The van der Waals surface area contributed by atoms with Gasteiger partial charge < -0.3 is 14.2 Å². The number of hydrogen-bond donors (Lipinski definition) is 1. The van der Waals surface area contributed by atoms with Crippen LogP contribution < -0.4 is 19.6 Å². The van der Waals surface area contributed by atoms with Gasteiger partial charge in [0, 0.05) is 24.6 Å². The lowest BCUT2D eigenvalue weighted by molar-refractivity contribution is -0.126. The first kappa shape index (κ1) is 23.0. The Kier molecular flexibility index (Phi) is 7.52. The van der Waals surface area contributed by atoms with Gasteiger partial charge in [0.25, 0.3) is 10.0 Å². The second-order valence-electron chi connectivity index (χ2n) is 6.80. The zero-order chi connectivity index (χ0) is 22.4. The van der Waals surface area contributed by atoms with Gasteiger partial charge in [-0.2, -0.15) is 9.41 Å². The van der Waals surface area contributed by atoms with Crippen molar-refractivity contribution in [2.24, 2.45) is 11.0 Å². The summed E-state index contributed by atoms with van der Waals surface area (Å²) < 4.78 is 42.8. The zero-order valence-electron chi connectivity index (χ0n) is 17.5. The van der Waals surface area contributed by atoms with E-state index >= 15 is 0 Å². The van der Waals surface area contributed by atoms with Crippen LogP contribution in [0.15, 0.2) is 39.0 Å². The van der Waals surface area contributed by atoms with Crippen molar-refractivity contribution in [3.05, 3.63) is 35.2 Å². The third-order valence-corrected chi connectivity index (χ3v) is 8.26. The summed E-state index contributed by atoms with van der Waals surface area (Å²) in [7, 11) is 1.07. The molecule has 0 atom stereocenters. The Labute approximate surface area is 185 Å². The van der Waals surface area contributed by atoms with E-state index in [1.165, 1.54) is 43.2 Å². The van der Waals surface area contributed by atoms with E-state index in [0.29, 0.717) is 53.0 Å². The van der Waals surface area contributed by atoms with Gasteiger partial charge >= 0.3 is 0 Å². The molecule has 0 bridgehead atoms. The van der Waals surface area contributed by atoms with Crippen LogP contribution in [-0.2, 0) is 14.8 Å². The van der Waals surface area contributed by atoms with Crippen LogP contribution in [0.1, 0.15) is 18.4 Å². The minimum Gasteiger partial charge on any atom is -0.493 e. The van der Waals surface area contributed by atoms with E-state index in [4.69, 9.17) is 14.2 Å². The number of nitrogens with zero attached hydrogens (tertiary/aromatic N) is 2. The van der Waals surface area contributed by atoms with Crippen molar-refractivity contribution in [1.82, 2.24) is 9.73 Å². The number of benzene rings is 1. The zero-order valence-corrected chi connectivity index (χ0v) is 19.2. The van der Waals surface area contributed by atoms with E-state index < -0.39 is 10.0 Å². The molecule has 31 heavy (non-hydrogen) atoms. The summed E-state index contributed by atoms with van der Waals surface area (Å²) in [6.45, 7) is 0.601. The fraction of sp³-hybridized carbons (Fsp3) is 0.400. The largest absolute Gasteiger partial charge is 0.493 e. The highest BCUT2D eigenvalue weighted by Crippen LogP contribution is 2.37. The summed E-state index contributed by atoms with van der Waals surface area (Å²) in [6, 6.07) is 6.73. The third-order valence-electron chi connectivity index (χ3n) is 4.99. The van der Waals surface area contributed by atoms with Crippen molar-refractivity contribution in [3.63, 3.8) is 0 Å². The molecule has 1 aliphatic heterocycles. The number of piperidine rings is 1. The average molecular weight is 468 g/mol. The predicted octanol–water partition coefficient (Wildman–Crippen LogP) is 2.32. The van der Waals surface area contributed by atoms with Crippen molar-refractivity contribution < 1.29 is 27.4 Å². The van der Waals surface area contributed by atoms with E-state index in [9.17, 15) is 13.2 Å². The second-order valence-corrected chi connectivity index (χ2v) is 9.92. The van der Waals surface area contributed by atoms with Crippen molar-refractivity contribution in [2.75, 3.05) is 34.4 Å². The molecule has 168 valence electrons. The molecule has 1 saturated heterocycles. The quantitative estimate of drug-likeness (QED) is 0.472. The number of ether oxygens (including phenoxy) is 3. The van der Waals surface area contributed by atoms with Crippen molar-refractivity contribution in [1.29, 1.82) is 0 Å². The summed E-state index contributed by atoms with van der Waals surface area (Å²) in [5.41, 5.74) is 3.20. The van der Waals surface area contributed by atoms with Crippen molar-refractivity contribution in [2.45, 2.75) is 17.1 Å². The Hall–Kier alpha value is -2.63. The maximum absolute atomic E-state index is 12.6. The summed E-state index contributed by atoms with van der Waals surface area (Å²) in [6.07, 6.45) is 2.37. The predicted molar refractivity (Wildman–Crippen MR) is 118 cm³/mol. The third kappa shape index (κ3) is 5.17. The van der Waals surface area contributed by atoms with E-state index in [0.717, 1.165) is 0 Å². The van der Waals surface area contributed by atoms with Crippen LogP contribution in [0, 0.1) is 5.92 Å². The van der Waals surface area contributed by atoms with E-state index in [2.05, 4.69) is 10.5 Å². The fourth-order valence-corrected chi connectivity index (χ4v) is 5.95. The first-order valence-electron chi connectivity index (χ1n) is 9.57. The van der Waals surface area contributed by atoms with Gasteiger partial charge in [0.05, 0.1) is 27.5 Å². The molecule has 1 amide bonds. The van der Waals surface area contributed by atoms with Gasteiger partial charge in [0.2, 0.25) is 11.7 Å². The van der Waals surface area contributed by atoms with Crippen LogP contribution in [-0.4, -0.2) is 59.3 Å². The maximum Gasteiger partial charge on any atom is 0.252 e. The SMILES string of the molecule is COc1cc(/C=N\NC(=O)C2CCN(S(=O)(=O)c3cccs3)CC2)cc(OC)c1OC. The van der Waals surface area contributed by atoms with Gasteiger partial charge in [-0.1, -0.05) is 6.07 Å². The molecule has 9 nitrogen and oxygen atoms in total. The Morgan fingerprint density at radius 1 is 1.16 bits per heavy atom. The average Bonchev–Trinajstić information content (AvgIpc) is 3.34. The highest BCUT2D eigenvalue weighted by Gasteiger charge is 2.32. The molecule has 0 saturated carbocycles. The van der Waals surface area contributed by atoms with Crippen LogP contribution in [0.5, 0.6) is 17.2 Å². The van der Waals surface area contributed by atoms with Crippen molar-refractivity contribution in [3.8, 4) is 17.2 Å². The molecule has 1 aliphatic rings. The summed E-state index contributed by atoms with van der Waals surface area (Å²) in [5, 5.41) is 5.76. The molecule has 2 heterocycles. The van der Waals surface area contributed by atoms with Crippen LogP contribution in [0.4, 0.5) is 0 Å². The van der Waals surface area contributed by atoms with E-state index in [1.54, 1.807) is 29.6 Å². The number of amides is 1. The smallest absolute Gasteiger partial charge is 0.252 e. The van der Waals surface area contributed by atoms with E-state index in [1.807, 2.05) is 0 Å². The fourth-order valence-electron chi connectivity index (χ4n) is 3.33. The molecule has 0 unspecified atom stereocenters. The lowest BCUT2D eigenvalue weighted by Gasteiger charge is -2.29. The number of methoxy groups -OCH3 is 3. The van der Waals surface area contributed by atoms with Crippen LogP contribution >= 0.6 is 11.3 Å². The Balaban J connectivity index is 1.58. The van der Waals surface area contributed by atoms with Gasteiger partial charge in [-0.3, -0.25) is 4.79 Å². The molecular formula is C20H25N3O6S2. The van der Waals surface area contributed by atoms with Crippen LogP contribution in [0.25, 0.3) is 0 Å². The molecular weight excluding hydrogens is 442 g/mol. The second kappa shape index (κ2) is 10.1. The normalized spacial score (nSPS) is 15.7. The molecule has 1 fully saturated rings. The minimum atomic E-state index is -3.48. The molecule has 0 aliphatic carbocycles. The number of hydrazone groups is 1. The number of nitrogens with one attached hydrogen (secondary N) is 1. The number of thiophene rings is 1. The summed E-state index contributed by atoms with van der Waals surface area (Å²) in [4.78, 5) is 12.5. The van der Waals surface area contributed by atoms with Gasteiger partial charge in [-0.05, 0) is 36.4 Å². The van der Waals surface area contributed by atoms with E-state index in [-0.39, 0.29) is 11.8 Å². The van der Waals surface area contributed by atoms with Gasteiger partial charge in [-0.15, -0.1) is 11.3 Å². The van der Waals surface area contributed by atoms with Crippen molar-refractivity contribution >= 4 is 33.5 Å². The molecule has 1 aromatic heterocycles. The molecule has 1 aromatic carbocycles. The molecule has 0 spiro atoms. The van der Waals surface area contributed by atoms with Gasteiger partial charge in [0.1, 0.15) is 4.21 Å². The molecule has 2 aromatic rings. The highest BCUT2D eigenvalue weighted by molar-refractivity contribution is 7.91. The monoisotopic (exact) mass is 467 g/mol. The summed E-state index contributed by atoms with van der Waals surface area (Å²) >= 11 is 1.19. The number of carbonyl (C=O) groups excluding carboxylic acids is 1. The topological polar surface area (TPSA) is 107 Å². The Morgan fingerprint density at radius 3 is 2.32 bits per heavy atom. The first-order chi connectivity index (χ1) is 14.9. The number of hydrogen-bond acceptors (Lipinski definition) is 8. The number of carbonyl (C=O) groups is 1. The first-order valence-corrected chi connectivity index (χ1v) is 11.9.